The summed E-state index contributed by atoms with van der Waals surface area (Å²) in [5.41, 5.74) is 1.37. The first kappa shape index (κ1) is 18.1. The van der Waals surface area contributed by atoms with Crippen LogP contribution in [0.4, 0.5) is 0 Å². The van der Waals surface area contributed by atoms with Crippen LogP contribution in [0, 0.1) is 0 Å². The lowest BCUT2D eigenvalue weighted by atomic mass is 10.0. The standard InChI is InChI=1S/C20H19NO4S/c22-19(14-16-8-2-1-3-9-16)18-11-6-7-13-21(18)15-17-10-4-5-12-20(17)26(23,24)25/h1-13,18H,14-15H2,(H,23,24,25). The average Bonchev–Trinajstić information content (AvgIpc) is 2.62. The van der Waals surface area contributed by atoms with Crippen molar-refractivity contribution in [1.29, 1.82) is 0 Å². The third-order valence-electron chi connectivity index (χ3n) is 4.19. The van der Waals surface area contributed by atoms with Gasteiger partial charge in [-0.05, 0) is 23.3 Å². The lowest BCUT2D eigenvalue weighted by Crippen LogP contribution is -2.38. The molecular formula is C20H19NO4S. The molecule has 3 rings (SSSR count). The number of ketones is 1. The van der Waals surface area contributed by atoms with E-state index >= 15 is 0 Å². The first-order chi connectivity index (χ1) is 12.4. The number of Topliss-reactive ketones (excluding diaryl/α,β-unsaturated/α-hetero) is 1. The molecule has 0 spiro atoms. The molecule has 1 heterocycles. The number of rotatable bonds is 6. The van der Waals surface area contributed by atoms with Crippen LogP contribution in [-0.4, -0.2) is 29.7 Å². The predicted octanol–water partition coefficient (Wildman–Crippen LogP) is 3.00. The van der Waals surface area contributed by atoms with E-state index in [-0.39, 0.29) is 17.2 Å². The highest BCUT2D eigenvalue weighted by atomic mass is 32.2. The van der Waals surface area contributed by atoms with Crippen molar-refractivity contribution >= 4 is 15.9 Å². The SMILES string of the molecule is O=C(Cc1ccccc1)C1C=CC=CN1Cc1ccccc1S(=O)(=O)O. The first-order valence-corrected chi connectivity index (χ1v) is 9.62. The Bertz CT molecular complexity index is 949. The normalized spacial score (nSPS) is 16.7. The topological polar surface area (TPSA) is 74.7 Å². The molecule has 0 amide bonds. The van der Waals surface area contributed by atoms with Crippen LogP contribution >= 0.6 is 0 Å². The van der Waals surface area contributed by atoms with Gasteiger partial charge >= 0.3 is 0 Å². The molecule has 0 aromatic heterocycles. The van der Waals surface area contributed by atoms with Gasteiger partial charge in [-0.1, -0.05) is 60.7 Å². The second-order valence-corrected chi connectivity index (χ2v) is 7.45. The Kier molecular flexibility index (Phi) is 5.35. The van der Waals surface area contributed by atoms with Gasteiger partial charge < -0.3 is 4.90 Å². The van der Waals surface area contributed by atoms with Crippen LogP contribution in [0.5, 0.6) is 0 Å². The molecule has 0 bridgehead atoms. The Labute approximate surface area is 153 Å². The monoisotopic (exact) mass is 369 g/mol. The minimum absolute atomic E-state index is 0.0149. The lowest BCUT2D eigenvalue weighted by molar-refractivity contribution is -0.121. The second-order valence-electron chi connectivity index (χ2n) is 6.06. The molecule has 0 saturated carbocycles. The maximum absolute atomic E-state index is 12.8. The van der Waals surface area contributed by atoms with E-state index in [1.165, 1.54) is 6.07 Å². The Balaban J connectivity index is 1.82. The zero-order valence-corrected chi connectivity index (χ0v) is 14.8. The van der Waals surface area contributed by atoms with Gasteiger partial charge in [0.25, 0.3) is 10.1 Å². The van der Waals surface area contributed by atoms with Gasteiger partial charge in [0.1, 0.15) is 6.04 Å². The molecule has 1 unspecified atom stereocenters. The zero-order valence-electron chi connectivity index (χ0n) is 14.0. The third-order valence-corrected chi connectivity index (χ3v) is 5.15. The lowest BCUT2D eigenvalue weighted by Gasteiger charge is -2.30. The Morgan fingerprint density at radius 1 is 1.00 bits per heavy atom. The Morgan fingerprint density at radius 3 is 2.42 bits per heavy atom. The number of hydrogen-bond acceptors (Lipinski definition) is 4. The van der Waals surface area contributed by atoms with E-state index in [1.807, 2.05) is 30.3 Å². The minimum atomic E-state index is -4.32. The summed E-state index contributed by atoms with van der Waals surface area (Å²) in [6, 6.07) is 15.2. The molecule has 1 aliphatic rings. The molecule has 0 radical (unpaired) electrons. The predicted molar refractivity (Wildman–Crippen MR) is 99.0 cm³/mol. The largest absolute Gasteiger partial charge is 0.360 e. The maximum Gasteiger partial charge on any atom is 0.294 e. The van der Waals surface area contributed by atoms with Crippen molar-refractivity contribution in [2.45, 2.75) is 23.9 Å². The van der Waals surface area contributed by atoms with Crippen molar-refractivity contribution in [1.82, 2.24) is 4.90 Å². The number of carbonyl (C=O) groups excluding carboxylic acids is 1. The van der Waals surface area contributed by atoms with E-state index in [0.717, 1.165) is 5.56 Å². The molecule has 1 aliphatic heterocycles. The molecule has 5 nitrogen and oxygen atoms in total. The van der Waals surface area contributed by atoms with Crippen LogP contribution in [0.3, 0.4) is 0 Å². The molecule has 0 fully saturated rings. The summed E-state index contributed by atoms with van der Waals surface area (Å²) in [4.78, 5) is 14.4. The van der Waals surface area contributed by atoms with Gasteiger partial charge in [0.15, 0.2) is 5.78 Å². The molecule has 26 heavy (non-hydrogen) atoms. The van der Waals surface area contributed by atoms with Crippen molar-refractivity contribution in [3.8, 4) is 0 Å². The zero-order chi connectivity index (χ0) is 18.6. The van der Waals surface area contributed by atoms with Crippen molar-refractivity contribution in [2.24, 2.45) is 0 Å². The summed E-state index contributed by atoms with van der Waals surface area (Å²) in [5, 5.41) is 0. The fourth-order valence-electron chi connectivity index (χ4n) is 2.96. The van der Waals surface area contributed by atoms with Gasteiger partial charge in [-0.2, -0.15) is 8.42 Å². The Hall–Kier alpha value is -2.70. The maximum atomic E-state index is 12.8. The van der Waals surface area contributed by atoms with Crippen molar-refractivity contribution in [3.05, 3.63) is 90.2 Å². The number of hydrogen-bond donors (Lipinski definition) is 1. The van der Waals surface area contributed by atoms with Gasteiger partial charge in [0, 0.05) is 19.2 Å². The van der Waals surface area contributed by atoms with Crippen LogP contribution < -0.4 is 0 Å². The van der Waals surface area contributed by atoms with Gasteiger partial charge in [0.2, 0.25) is 0 Å². The van der Waals surface area contributed by atoms with Crippen LogP contribution in [0.2, 0.25) is 0 Å². The molecule has 0 saturated heterocycles. The third kappa shape index (κ3) is 4.28. The van der Waals surface area contributed by atoms with E-state index < -0.39 is 16.2 Å². The second kappa shape index (κ2) is 7.68. The summed E-state index contributed by atoms with van der Waals surface area (Å²) in [6.07, 6.45) is 7.44. The smallest absolute Gasteiger partial charge is 0.294 e. The fraction of sp³-hybridized carbons (Fsp3) is 0.150. The van der Waals surface area contributed by atoms with Crippen molar-refractivity contribution < 1.29 is 17.8 Å². The average molecular weight is 369 g/mol. The molecule has 0 aliphatic carbocycles. The van der Waals surface area contributed by atoms with Crippen LogP contribution in [0.1, 0.15) is 11.1 Å². The van der Waals surface area contributed by atoms with Crippen LogP contribution in [0.15, 0.2) is 83.9 Å². The van der Waals surface area contributed by atoms with E-state index in [4.69, 9.17) is 0 Å². The molecule has 1 atom stereocenters. The van der Waals surface area contributed by atoms with Gasteiger partial charge in [-0.15, -0.1) is 0 Å². The van der Waals surface area contributed by atoms with E-state index in [0.29, 0.717) is 12.0 Å². The number of nitrogens with zero attached hydrogens (tertiary/aromatic N) is 1. The summed E-state index contributed by atoms with van der Waals surface area (Å²) < 4.78 is 32.6. The summed E-state index contributed by atoms with van der Waals surface area (Å²) >= 11 is 0. The summed E-state index contributed by atoms with van der Waals surface area (Å²) in [6.45, 7) is 0.196. The highest BCUT2D eigenvalue weighted by Gasteiger charge is 2.24. The quantitative estimate of drug-likeness (QED) is 0.793. The van der Waals surface area contributed by atoms with Crippen molar-refractivity contribution in [3.63, 3.8) is 0 Å². The van der Waals surface area contributed by atoms with Crippen LogP contribution in [-0.2, 0) is 27.9 Å². The molecular weight excluding hydrogens is 350 g/mol. The highest BCUT2D eigenvalue weighted by Crippen LogP contribution is 2.21. The Morgan fingerprint density at radius 2 is 1.69 bits per heavy atom. The summed E-state index contributed by atoms with van der Waals surface area (Å²) in [7, 11) is -4.32. The number of benzene rings is 2. The first-order valence-electron chi connectivity index (χ1n) is 8.18. The van der Waals surface area contributed by atoms with Gasteiger partial charge in [0.05, 0.1) is 4.90 Å². The molecule has 6 heteroatoms. The van der Waals surface area contributed by atoms with E-state index in [9.17, 15) is 17.8 Å². The number of allylic oxidation sites excluding steroid dienone is 2. The van der Waals surface area contributed by atoms with Crippen LogP contribution in [0.25, 0.3) is 0 Å². The van der Waals surface area contributed by atoms with E-state index in [1.54, 1.807) is 47.5 Å². The highest BCUT2D eigenvalue weighted by molar-refractivity contribution is 7.85. The molecule has 134 valence electrons. The molecule has 2 aromatic rings. The molecule has 1 N–H and O–H groups in total. The minimum Gasteiger partial charge on any atom is -0.360 e. The fourth-order valence-corrected chi connectivity index (χ4v) is 3.68. The summed E-state index contributed by atoms with van der Waals surface area (Å²) in [5.74, 6) is 0.0149. The number of carbonyl (C=O) groups is 1. The van der Waals surface area contributed by atoms with E-state index in [2.05, 4.69) is 0 Å². The van der Waals surface area contributed by atoms with Gasteiger partial charge in [-0.25, -0.2) is 0 Å². The van der Waals surface area contributed by atoms with Gasteiger partial charge in [-0.3, -0.25) is 9.35 Å². The van der Waals surface area contributed by atoms with Crippen molar-refractivity contribution in [2.75, 3.05) is 0 Å². The molecule has 2 aromatic carbocycles.